The fourth-order valence-corrected chi connectivity index (χ4v) is 0.877. The van der Waals surface area contributed by atoms with Crippen molar-refractivity contribution in [2.45, 2.75) is 0 Å². The van der Waals surface area contributed by atoms with Crippen molar-refractivity contribution < 1.29 is 19.0 Å². The molecule has 0 aliphatic rings. The van der Waals surface area contributed by atoms with Gasteiger partial charge in [-0.15, -0.1) is 0 Å². The molecule has 4 heteroatoms. The van der Waals surface area contributed by atoms with Gasteiger partial charge in [0.2, 0.25) is 0 Å². The zero-order valence-corrected chi connectivity index (χ0v) is 6.33. The van der Waals surface area contributed by atoms with Gasteiger partial charge >= 0.3 is 0 Å². The molecule has 0 bridgehead atoms. The molecule has 0 aliphatic heterocycles. The number of rotatable bonds is 2. The Hall–Kier alpha value is -1.58. The minimum absolute atomic E-state index is 0.280. The predicted octanol–water partition coefficient (Wildman–Crippen LogP) is 0.198. The maximum atomic E-state index is 12.8. The fraction of sp³-hybridized carbons (Fsp3) is 0.125. The minimum Gasteiger partial charge on any atom is -0.545 e. The van der Waals surface area contributed by atoms with Crippen molar-refractivity contribution in [1.29, 1.82) is 0 Å². The molecule has 1 rings (SSSR count). The second-order valence-corrected chi connectivity index (χ2v) is 2.11. The zero-order chi connectivity index (χ0) is 9.14. The predicted molar refractivity (Wildman–Crippen MR) is 37.3 cm³/mol. The molecule has 0 N–H and O–H groups in total. The summed E-state index contributed by atoms with van der Waals surface area (Å²) in [4.78, 5) is 10.4. The number of halogens is 1. The van der Waals surface area contributed by atoms with Crippen molar-refractivity contribution >= 4 is 5.97 Å². The van der Waals surface area contributed by atoms with Crippen LogP contribution in [-0.2, 0) is 0 Å². The van der Waals surface area contributed by atoms with Crippen LogP contribution in [0.15, 0.2) is 18.2 Å². The van der Waals surface area contributed by atoms with Crippen molar-refractivity contribution in [3.05, 3.63) is 29.6 Å². The highest BCUT2D eigenvalue weighted by molar-refractivity contribution is 5.89. The molecule has 0 heterocycles. The third kappa shape index (κ3) is 1.37. The molecule has 1 aromatic rings. The first kappa shape index (κ1) is 8.52. The van der Waals surface area contributed by atoms with Crippen molar-refractivity contribution in [2.75, 3.05) is 7.11 Å². The first-order valence-corrected chi connectivity index (χ1v) is 3.20. The van der Waals surface area contributed by atoms with E-state index < -0.39 is 11.8 Å². The number of benzene rings is 1. The van der Waals surface area contributed by atoms with Gasteiger partial charge in [0.25, 0.3) is 0 Å². The second kappa shape index (κ2) is 3.21. The number of para-hydroxylation sites is 1. The van der Waals surface area contributed by atoms with Gasteiger partial charge in [-0.2, -0.15) is 0 Å². The maximum absolute atomic E-state index is 12.8. The maximum Gasteiger partial charge on any atom is 0.165 e. The number of ether oxygens (including phenoxy) is 1. The summed E-state index contributed by atoms with van der Waals surface area (Å²) in [5, 5.41) is 10.4. The van der Waals surface area contributed by atoms with Gasteiger partial charge in [-0.25, -0.2) is 4.39 Å². The Balaban J connectivity index is 3.27. The molecule has 0 atom stereocenters. The Labute approximate surface area is 68.4 Å². The first-order valence-electron chi connectivity index (χ1n) is 3.20. The Morgan fingerprint density at radius 3 is 2.67 bits per heavy atom. The quantitative estimate of drug-likeness (QED) is 0.635. The number of hydrogen-bond donors (Lipinski definition) is 0. The molecule has 0 radical (unpaired) electrons. The van der Waals surface area contributed by atoms with Gasteiger partial charge in [-0.05, 0) is 12.1 Å². The third-order valence-corrected chi connectivity index (χ3v) is 1.39. The van der Waals surface area contributed by atoms with Crippen molar-refractivity contribution in [3.63, 3.8) is 0 Å². The van der Waals surface area contributed by atoms with Gasteiger partial charge in [-0.3, -0.25) is 0 Å². The average Bonchev–Trinajstić information content (AvgIpc) is 2.03. The Morgan fingerprint density at radius 1 is 1.58 bits per heavy atom. The van der Waals surface area contributed by atoms with Crippen LogP contribution in [0.1, 0.15) is 10.4 Å². The first-order chi connectivity index (χ1) is 5.66. The number of carbonyl (C=O) groups excluding carboxylic acids is 1. The second-order valence-electron chi connectivity index (χ2n) is 2.11. The number of hydrogen-bond acceptors (Lipinski definition) is 3. The molecule has 0 amide bonds. The van der Waals surface area contributed by atoms with Crippen LogP contribution >= 0.6 is 0 Å². The summed E-state index contributed by atoms with van der Waals surface area (Å²) < 4.78 is 17.3. The lowest BCUT2D eigenvalue weighted by Crippen LogP contribution is -2.23. The van der Waals surface area contributed by atoms with Crippen LogP contribution in [0, 0.1) is 5.82 Å². The van der Waals surface area contributed by atoms with E-state index in [2.05, 4.69) is 4.74 Å². The summed E-state index contributed by atoms with van der Waals surface area (Å²) in [7, 11) is 1.20. The Bertz CT molecular complexity index is 309. The molecular weight excluding hydrogens is 163 g/mol. The van der Waals surface area contributed by atoms with Gasteiger partial charge in [0.15, 0.2) is 11.6 Å². The summed E-state index contributed by atoms with van der Waals surface area (Å²) in [5.41, 5.74) is -0.280. The molecule has 0 saturated carbocycles. The molecule has 3 nitrogen and oxygen atoms in total. The van der Waals surface area contributed by atoms with E-state index in [1.54, 1.807) is 0 Å². The van der Waals surface area contributed by atoms with E-state index in [1.807, 2.05) is 0 Å². The summed E-state index contributed by atoms with van der Waals surface area (Å²) in [6.45, 7) is 0. The molecule has 64 valence electrons. The standard InChI is InChI=1S/C8H7FO3/c1-12-7-5(8(10)11)3-2-4-6(7)9/h2-4H,1H3,(H,10,11)/p-1. The van der Waals surface area contributed by atoms with Crippen LogP contribution in [0.2, 0.25) is 0 Å². The molecule has 0 saturated heterocycles. The van der Waals surface area contributed by atoms with Crippen LogP contribution in [0.25, 0.3) is 0 Å². The number of methoxy groups -OCH3 is 1. The van der Waals surface area contributed by atoms with E-state index >= 15 is 0 Å². The van der Waals surface area contributed by atoms with Gasteiger partial charge in [0, 0.05) is 5.56 Å². The van der Waals surface area contributed by atoms with E-state index in [0.717, 1.165) is 6.07 Å². The molecule has 1 aromatic carbocycles. The molecule has 0 unspecified atom stereocenters. The Morgan fingerprint density at radius 2 is 2.25 bits per heavy atom. The van der Waals surface area contributed by atoms with Crippen LogP contribution in [-0.4, -0.2) is 13.1 Å². The van der Waals surface area contributed by atoms with Crippen LogP contribution in [0.3, 0.4) is 0 Å². The topological polar surface area (TPSA) is 49.4 Å². The highest BCUT2D eigenvalue weighted by atomic mass is 19.1. The SMILES string of the molecule is COc1c(F)cccc1C(=O)[O-]. The van der Waals surface area contributed by atoms with Crippen LogP contribution < -0.4 is 9.84 Å². The smallest absolute Gasteiger partial charge is 0.165 e. The van der Waals surface area contributed by atoms with Crippen molar-refractivity contribution in [2.24, 2.45) is 0 Å². The molecule has 0 aliphatic carbocycles. The molecule has 0 fully saturated rings. The summed E-state index contributed by atoms with van der Waals surface area (Å²) in [6, 6.07) is 3.62. The van der Waals surface area contributed by atoms with Gasteiger partial charge in [0.05, 0.1) is 13.1 Å². The number of carboxylic acid groups (broad SMARTS) is 1. The lowest BCUT2D eigenvalue weighted by Gasteiger charge is -2.08. The van der Waals surface area contributed by atoms with E-state index in [-0.39, 0.29) is 11.3 Å². The largest absolute Gasteiger partial charge is 0.545 e. The van der Waals surface area contributed by atoms with E-state index in [1.165, 1.54) is 19.2 Å². The third-order valence-electron chi connectivity index (χ3n) is 1.39. The highest BCUT2D eigenvalue weighted by Crippen LogP contribution is 2.20. The summed E-state index contributed by atoms with van der Waals surface area (Å²) in [6.07, 6.45) is 0. The van der Waals surface area contributed by atoms with Gasteiger partial charge in [0.1, 0.15) is 0 Å². The van der Waals surface area contributed by atoms with Crippen molar-refractivity contribution in [1.82, 2.24) is 0 Å². The lowest BCUT2D eigenvalue weighted by atomic mass is 10.2. The molecular formula is C8H6FO3-. The zero-order valence-electron chi connectivity index (χ0n) is 6.33. The van der Waals surface area contributed by atoms with Gasteiger partial charge < -0.3 is 14.6 Å². The molecule has 12 heavy (non-hydrogen) atoms. The number of carbonyl (C=O) groups is 1. The highest BCUT2D eigenvalue weighted by Gasteiger charge is 2.08. The van der Waals surface area contributed by atoms with E-state index in [0.29, 0.717) is 0 Å². The minimum atomic E-state index is -1.45. The molecule has 0 spiro atoms. The van der Waals surface area contributed by atoms with E-state index in [4.69, 9.17) is 0 Å². The Kier molecular flexibility index (Phi) is 2.28. The monoisotopic (exact) mass is 169 g/mol. The fourth-order valence-electron chi connectivity index (χ4n) is 0.877. The number of carboxylic acids is 1. The van der Waals surface area contributed by atoms with Crippen molar-refractivity contribution in [3.8, 4) is 5.75 Å². The summed E-state index contributed by atoms with van der Waals surface area (Å²) >= 11 is 0. The summed E-state index contributed by atoms with van der Waals surface area (Å²) in [5.74, 6) is -2.46. The van der Waals surface area contributed by atoms with E-state index in [9.17, 15) is 14.3 Å². The molecule has 0 aromatic heterocycles. The van der Waals surface area contributed by atoms with Crippen LogP contribution in [0.5, 0.6) is 5.75 Å². The lowest BCUT2D eigenvalue weighted by molar-refractivity contribution is -0.255. The average molecular weight is 169 g/mol. The normalized spacial score (nSPS) is 9.50. The van der Waals surface area contributed by atoms with Gasteiger partial charge in [-0.1, -0.05) is 6.07 Å². The van der Waals surface area contributed by atoms with Crippen LogP contribution in [0.4, 0.5) is 4.39 Å². The number of aromatic carboxylic acids is 1.